The first kappa shape index (κ1) is 29.0. The Hall–Kier alpha value is -6.46. The number of hydrogen-bond donors (Lipinski definition) is 0. The second-order valence-electron chi connectivity index (χ2n) is 12.0. The van der Waals surface area contributed by atoms with Crippen molar-refractivity contribution >= 4 is 50.6 Å². The number of aromatic nitrogens is 1. The molecule has 0 N–H and O–H groups in total. The summed E-state index contributed by atoms with van der Waals surface area (Å²) in [5.41, 5.74) is 6.05. The highest BCUT2D eigenvalue weighted by molar-refractivity contribution is 7.20. The van der Waals surface area contributed by atoms with Gasteiger partial charge in [-0.05, 0) is 68.3 Å². The molecule has 7 aromatic carbocycles. The Bertz CT molecular complexity index is 2370. The van der Waals surface area contributed by atoms with Crippen LogP contribution in [0.2, 0.25) is 0 Å². The molecule has 0 saturated heterocycles. The van der Waals surface area contributed by atoms with E-state index in [0.717, 1.165) is 43.8 Å². The first-order chi connectivity index (χ1) is 23.7. The smallest absolute Gasteiger partial charge is 0.180 e. The van der Waals surface area contributed by atoms with E-state index < -0.39 is 8.07 Å². The van der Waals surface area contributed by atoms with Gasteiger partial charge in [0.1, 0.15) is 0 Å². The molecule has 0 saturated carbocycles. The van der Waals surface area contributed by atoms with Gasteiger partial charge in [0.25, 0.3) is 0 Å². The Labute approximate surface area is 280 Å². The van der Waals surface area contributed by atoms with E-state index in [1.54, 1.807) is 0 Å². The molecule has 0 aliphatic rings. The zero-order chi connectivity index (χ0) is 32.5. The number of hydrogen-bond acceptors (Lipinski definition) is 2. The summed E-state index contributed by atoms with van der Waals surface area (Å²) < 4.78 is 2.23. The average molecular weight is 628 g/mol. The molecule has 1 heterocycles. The number of rotatable bonds is 6. The molecule has 0 aliphatic heterocycles. The van der Waals surface area contributed by atoms with Crippen molar-refractivity contribution < 1.29 is 0 Å². The van der Waals surface area contributed by atoms with Crippen LogP contribution in [-0.4, -0.2) is 12.6 Å². The summed E-state index contributed by atoms with van der Waals surface area (Å²) >= 11 is 0. The number of para-hydroxylation sites is 2. The fourth-order valence-corrected chi connectivity index (χ4v) is 12.2. The zero-order valence-corrected chi connectivity index (χ0v) is 27.1. The van der Waals surface area contributed by atoms with Crippen LogP contribution in [0.4, 0.5) is 0 Å². The molecule has 4 heteroatoms. The normalized spacial score (nSPS) is 11.3. The van der Waals surface area contributed by atoms with Crippen LogP contribution in [-0.2, 0) is 0 Å². The molecule has 224 valence electrons. The first-order valence-corrected chi connectivity index (χ1v) is 18.0. The van der Waals surface area contributed by atoms with Gasteiger partial charge in [-0.3, -0.25) is 0 Å². The topological polar surface area (TPSA) is 52.5 Å². The third-order valence-electron chi connectivity index (χ3n) is 9.38. The lowest BCUT2D eigenvalue weighted by Gasteiger charge is -2.35. The van der Waals surface area contributed by atoms with E-state index in [4.69, 9.17) is 0 Å². The predicted octanol–water partition coefficient (Wildman–Crippen LogP) is 7.57. The van der Waals surface area contributed by atoms with Gasteiger partial charge in [0.05, 0.1) is 34.3 Å². The molecule has 0 atom stereocenters. The molecule has 0 radical (unpaired) electrons. The van der Waals surface area contributed by atoms with Crippen LogP contribution in [0.1, 0.15) is 11.1 Å². The molecule has 8 aromatic rings. The standard InChI is InChI=1S/C44H29N3Si/c45-30-32-26-34(29-36(27-32)47-42-22-12-10-20-40(42)41-21-11-13-23-43(41)47)33-24-25-44(35(28-33)31-46)48(37-14-4-1-5-15-37,38-16-6-2-7-17-38)39-18-8-3-9-19-39/h1-29H. The third kappa shape index (κ3) is 4.64. The van der Waals surface area contributed by atoms with E-state index in [0.29, 0.717) is 11.1 Å². The van der Waals surface area contributed by atoms with Gasteiger partial charge in [-0.1, -0.05) is 140 Å². The van der Waals surface area contributed by atoms with Crippen molar-refractivity contribution in [2.45, 2.75) is 0 Å². The Morgan fingerprint density at radius 1 is 0.438 bits per heavy atom. The lowest BCUT2D eigenvalue weighted by atomic mass is 10.0. The molecule has 0 fully saturated rings. The minimum Gasteiger partial charge on any atom is -0.309 e. The molecule has 0 spiro atoms. The summed E-state index contributed by atoms with van der Waals surface area (Å²) in [5, 5.41) is 28.0. The summed E-state index contributed by atoms with van der Waals surface area (Å²) in [6.07, 6.45) is 0. The van der Waals surface area contributed by atoms with Crippen molar-refractivity contribution in [3.05, 3.63) is 187 Å². The maximum Gasteiger partial charge on any atom is 0.180 e. The van der Waals surface area contributed by atoms with Crippen LogP contribution in [0, 0.1) is 22.7 Å². The van der Waals surface area contributed by atoms with E-state index in [1.165, 1.54) is 15.6 Å². The van der Waals surface area contributed by atoms with Crippen LogP contribution < -0.4 is 20.7 Å². The van der Waals surface area contributed by atoms with E-state index in [-0.39, 0.29) is 0 Å². The van der Waals surface area contributed by atoms with Crippen LogP contribution in [0.3, 0.4) is 0 Å². The summed E-state index contributed by atoms with van der Waals surface area (Å²) in [4.78, 5) is 0. The summed E-state index contributed by atoms with van der Waals surface area (Å²) in [7, 11) is -2.90. The Balaban J connectivity index is 1.37. The molecule has 0 unspecified atom stereocenters. The number of nitrogens with zero attached hydrogens (tertiary/aromatic N) is 3. The van der Waals surface area contributed by atoms with Crippen LogP contribution >= 0.6 is 0 Å². The number of benzene rings is 7. The van der Waals surface area contributed by atoms with Crippen molar-refractivity contribution in [3.8, 4) is 29.0 Å². The lowest BCUT2D eigenvalue weighted by Crippen LogP contribution is -2.75. The maximum atomic E-state index is 10.9. The van der Waals surface area contributed by atoms with Gasteiger partial charge in [-0.15, -0.1) is 0 Å². The van der Waals surface area contributed by atoms with Gasteiger partial charge < -0.3 is 4.57 Å². The fourth-order valence-electron chi connectivity index (χ4n) is 7.35. The highest BCUT2D eigenvalue weighted by atomic mass is 28.3. The Kier molecular flexibility index (Phi) is 7.27. The SMILES string of the molecule is N#Cc1cc(-c2ccc([Si](c3ccccc3)(c3ccccc3)c3ccccc3)c(C#N)c2)cc(-n2c3ccccc3c3ccccc32)c1. The molecule has 8 rings (SSSR count). The van der Waals surface area contributed by atoms with Gasteiger partial charge in [0, 0.05) is 16.5 Å². The van der Waals surface area contributed by atoms with Crippen molar-refractivity contribution in [3.63, 3.8) is 0 Å². The Morgan fingerprint density at radius 2 is 0.938 bits per heavy atom. The monoisotopic (exact) mass is 627 g/mol. The maximum absolute atomic E-state index is 10.9. The van der Waals surface area contributed by atoms with Crippen LogP contribution in [0.15, 0.2) is 176 Å². The summed E-state index contributed by atoms with van der Waals surface area (Å²) in [6, 6.07) is 65.9. The van der Waals surface area contributed by atoms with Gasteiger partial charge in [0.15, 0.2) is 8.07 Å². The molecule has 0 amide bonds. The molecular weight excluding hydrogens is 599 g/mol. The van der Waals surface area contributed by atoms with Gasteiger partial charge >= 0.3 is 0 Å². The predicted molar refractivity (Wildman–Crippen MR) is 199 cm³/mol. The van der Waals surface area contributed by atoms with Crippen LogP contribution in [0.5, 0.6) is 0 Å². The minimum atomic E-state index is -2.90. The van der Waals surface area contributed by atoms with Gasteiger partial charge in [-0.25, -0.2) is 0 Å². The number of nitriles is 2. The molecular formula is C44H29N3Si. The lowest BCUT2D eigenvalue weighted by molar-refractivity contribution is 1.18. The van der Waals surface area contributed by atoms with Crippen molar-refractivity contribution in [1.82, 2.24) is 4.57 Å². The molecule has 48 heavy (non-hydrogen) atoms. The highest BCUT2D eigenvalue weighted by Gasteiger charge is 2.43. The molecule has 0 aliphatic carbocycles. The quantitative estimate of drug-likeness (QED) is 0.141. The highest BCUT2D eigenvalue weighted by Crippen LogP contribution is 2.34. The van der Waals surface area contributed by atoms with E-state index in [1.807, 2.05) is 48.5 Å². The summed E-state index contributed by atoms with van der Waals surface area (Å²) in [6.45, 7) is 0. The minimum absolute atomic E-state index is 0.563. The second-order valence-corrected chi connectivity index (χ2v) is 15.7. The summed E-state index contributed by atoms with van der Waals surface area (Å²) in [5.74, 6) is 0. The van der Waals surface area contributed by atoms with Crippen molar-refractivity contribution in [2.24, 2.45) is 0 Å². The van der Waals surface area contributed by atoms with E-state index in [9.17, 15) is 10.5 Å². The number of fused-ring (bicyclic) bond motifs is 3. The zero-order valence-electron chi connectivity index (χ0n) is 26.1. The van der Waals surface area contributed by atoms with E-state index >= 15 is 0 Å². The molecule has 1 aromatic heterocycles. The average Bonchev–Trinajstić information content (AvgIpc) is 3.51. The van der Waals surface area contributed by atoms with Crippen molar-refractivity contribution in [2.75, 3.05) is 0 Å². The molecule has 0 bridgehead atoms. The van der Waals surface area contributed by atoms with Crippen LogP contribution in [0.25, 0.3) is 38.6 Å². The fraction of sp³-hybridized carbons (Fsp3) is 0. The third-order valence-corrected chi connectivity index (χ3v) is 14.2. The second kappa shape index (κ2) is 12.0. The molecule has 3 nitrogen and oxygen atoms in total. The van der Waals surface area contributed by atoms with Crippen molar-refractivity contribution in [1.29, 1.82) is 10.5 Å². The first-order valence-electron chi connectivity index (χ1n) is 16.0. The van der Waals surface area contributed by atoms with E-state index in [2.05, 4.69) is 144 Å². The Morgan fingerprint density at radius 3 is 1.44 bits per heavy atom. The van der Waals surface area contributed by atoms with Gasteiger partial charge in [-0.2, -0.15) is 10.5 Å². The van der Waals surface area contributed by atoms with Gasteiger partial charge in [0.2, 0.25) is 0 Å². The largest absolute Gasteiger partial charge is 0.309 e.